The number of likely N-dealkylation sites (N-methyl/N-ethyl adjacent to an activating group) is 1. The summed E-state index contributed by atoms with van der Waals surface area (Å²) in [6.07, 6.45) is -0.117. The molecule has 3 N–H and O–H groups in total. The summed E-state index contributed by atoms with van der Waals surface area (Å²) >= 11 is 0. The number of aromatic hydroxyl groups is 2. The van der Waals surface area contributed by atoms with Crippen molar-refractivity contribution in [3.8, 4) is 22.8 Å². The predicted molar refractivity (Wildman–Crippen MR) is 107 cm³/mol. The van der Waals surface area contributed by atoms with Crippen LogP contribution in [0.5, 0.6) is 11.5 Å². The van der Waals surface area contributed by atoms with Crippen molar-refractivity contribution in [1.82, 2.24) is 4.90 Å². The van der Waals surface area contributed by atoms with E-state index >= 15 is 0 Å². The lowest BCUT2D eigenvalue weighted by Gasteiger charge is -2.34. The van der Waals surface area contributed by atoms with Crippen molar-refractivity contribution in [2.45, 2.75) is 25.4 Å². The molecular formula is C22H23NO5. The van der Waals surface area contributed by atoms with E-state index in [1.165, 1.54) is 6.07 Å². The van der Waals surface area contributed by atoms with E-state index in [4.69, 9.17) is 4.42 Å². The van der Waals surface area contributed by atoms with Gasteiger partial charge in [0.15, 0.2) is 5.43 Å². The van der Waals surface area contributed by atoms with Gasteiger partial charge in [0.2, 0.25) is 0 Å². The van der Waals surface area contributed by atoms with Crippen LogP contribution >= 0.6 is 0 Å². The highest BCUT2D eigenvalue weighted by molar-refractivity contribution is 5.89. The van der Waals surface area contributed by atoms with E-state index in [0.29, 0.717) is 24.3 Å². The number of fused-ring (bicyclic) bond motifs is 1. The maximum absolute atomic E-state index is 12.8. The minimum atomic E-state index is -0.718. The van der Waals surface area contributed by atoms with E-state index < -0.39 is 12.0 Å². The Morgan fingerprint density at radius 1 is 1.14 bits per heavy atom. The Labute approximate surface area is 162 Å². The Bertz CT molecular complexity index is 1100. The Hall–Kier alpha value is -2.83. The molecule has 0 bridgehead atoms. The molecule has 1 aliphatic rings. The molecule has 1 aliphatic heterocycles. The van der Waals surface area contributed by atoms with Crippen LogP contribution in [0.3, 0.4) is 0 Å². The summed E-state index contributed by atoms with van der Waals surface area (Å²) in [6, 6.07) is 10.0. The van der Waals surface area contributed by atoms with E-state index in [-0.39, 0.29) is 27.9 Å². The second-order valence-corrected chi connectivity index (χ2v) is 7.55. The first-order valence-electron chi connectivity index (χ1n) is 9.32. The minimum Gasteiger partial charge on any atom is -0.507 e. The summed E-state index contributed by atoms with van der Waals surface area (Å²) < 4.78 is 6.09. The monoisotopic (exact) mass is 381 g/mol. The van der Waals surface area contributed by atoms with Crippen molar-refractivity contribution < 1.29 is 19.7 Å². The molecule has 146 valence electrons. The standard InChI is InChI=1S/C22H23NO5/c1-12-5-3-4-6-13(12)19-10-17(26)21-16(25)9-15(24)20(22(21)28-19)14-7-8-23(2)11-18(14)27/h3-6,9-10,14,18,24-25,27H,7-8,11H2,1-2H3. The van der Waals surface area contributed by atoms with Crippen LogP contribution in [0.2, 0.25) is 0 Å². The van der Waals surface area contributed by atoms with E-state index in [9.17, 15) is 20.1 Å². The third kappa shape index (κ3) is 3.04. The number of β-amino-alcohol motifs (C(OH)–C–C–N with tert-alkyl or cyclic N) is 1. The minimum absolute atomic E-state index is 0.0243. The zero-order valence-corrected chi connectivity index (χ0v) is 15.8. The van der Waals surface area contributed by atoms with Crippen molar-refractivity contribution in [3.05, 3.63) is 57.7 Å². The zero-order valence-electron chi connectivity index (χ0n) is 15.8. The molecule has 2 aromatic carbocycles. The average molecular weight is 381 g/mol. The van der Waals surface area contributed by atoms with E-state index in [1.54, 1.807) is 0 Å². The summed E-state index contributed by atoms with van der Waals surface area (Å²) in [5.41, 5.74) is 1.83. The van der Waals surface area contributed by atoms with Gasteiger partial charge in [0.1, 0.15) is 28.2 Å². The maximum atomic E-state index is 12.8. The van der Waals surface area contributed by atoms with Crippen LogP contribution in [-0.2, 0) is 0 Å². The second-order valence-electron chi connectivity index (χ2n) is 7.55. The molecule has 1 fully saturated rings. The van der Waals surface area contributed by atoms with Gasteiger partial charge < -0.3 is 24.6 Å². The molecule has 6 heteroatoms. The number of phenols is 2. The molecule has 1 aromatic heterocycles. The Balaban J connectivity index is 2.00. The Morgan fingerprint density at radius 2 is 1.89 bits per heavy atom. The van der Waals surface area contributed by atoms with E-state index in [2.05, 4.69) is 0 Å². The van der Waals surface area contributed by atoms with Gasteiger partial charge in [-0.3, -0.25) is 4.79 Å². The SMILES string of the molecule is Cc1ccccc1-c1cc(=O)c2c(O)cc(O)c(C3CCN(C)CC3O)c2o1. The molecule has 0 amide bonds. The van der Waals surface area contributed by atoms with Crippen molar-refractivity contribution in [3.63, 3.8) is 0 Å². The second kappa shape index (κ2) is 6.96. The topological polar surface area (TPSA) is 94.1 Å². The normalized spacial score (nSPS) is 20.5. The number of aliphatic hydroxyl groups excluding tert-OH is 1. The number of likely N-dealkylation sites (tertiary alicyclic amines) is 1. The van der Waals surface area contributed by atoms with Crippen LogP contribution < -0.4 is 5.43 Å². The van der Waals surface area contributed by atoms with Crippen LogP contribution in [0.1, 0.15) is 23.5 Å². The molecule has 0 spiro atoms. The number of benzene rings is 2. The summed E-state index contributed by atoms with van der Waals surface area (Å²) in [7, 11) is 1.92. The van der Waals surface area contributed by atoms with Gasteiger partial charge in [-0.05, 0) is 32.5 Å². The first-order valence-corrected chi connectivity index (χ1v) is 9.32. The van der Waals surface area contributed by atoms with Gasteiger partial charge in [-0.1, -0.05) is 24.3 Å². The number of aryl methyl sites for hydroxylation is 1. The first kappa shape index (κ1) is 18.5. The molecule has 0 radical (unpaired) electrons. The molecule has 28 heavy (non-hydrogen) atoms. The van der Waals surface area contributed by atoms with Crippen LogP contribution in [0.15, 0.2) is 45.6 Å². The smallest absolute Gasteiger partial charge is 0.197 e. The summed E-state index contributed by atoms with van der Waals surface area (Å²) in [5, 5.41) is 31.5. The molecule has 1 saturated heterocycles. The quantitative estimate of drug-likeness (QED) is 0.632. The number of hydrogen-bond acceptors (Lipinski definition) is 6. The third-order valence-electron chi connectivity index (χ3n) is 5.56. The number of nitrogens with zero attached hydrogens (tertiary/aromatic N) is 1. The van der Waals surface area contributed by atoms with Crippen LogP contribution in [0.4, 0.5) is 0 Å². The van der Waals surface area contributed by atoms with Gasteiger partial charge in [0.05, 0.1) is 6.10 Å². The molecule has 3 aromatic rings. The van der Waals surface area contributed by atoms with Crippen molar-refractivity contribution in [1.29, 1.82) is 0 Å². The lowest BCUT2D eigenvalue weighted by atomic mass is 9.85. The van der Waals surface area contributed by atoms with Gasteiger partial charge in [0, 0.05) is 35.7 Å². The first-order chi connectivity index (χ1) is 13.4. The Morgan fingerprint density at radius 3 is 2.61 bits per heavy atom. The van der Waals surface area contributed by atoms with Gasteiger partial charge in [-0.25, -0.2) is 0 Å². The van der Waals surface area contributed by atoms with Gasteiger partial charge >= 0.3 is 0 Å². The summed E-state index contributed by atoms with van der Waals surface area (Å²) in [6.45, 7) is 3.11. The average Bonchev–Trinajstić information content (AvgIpc) is 2.63. The van der Waals surface area contributed by atoms with Crippen LogP contribution in [-0.4, -0.2) is 46.5 Å². The van der Waals surface area contributed by atoms with Crippen molar-refractivity contribution >= 4 is 11.0 Å². The van der Waals surface area contributed by atoms with Gasteiger partial charge in [-0.2, -0.15) is 0 Å². The highest BCUT2D eigenvalue weighted by Gasteiger charge is 2.33. The predicted octanol–water partition coefficient (Wildman–Crippen LogP) is 2.96. The largest absolute Gasteiger partial charge is 0.507 e. The zero-order chi connectivity index (χ0) is 20.0. The van der Waals surface area contributed by atoms with Gasteiger partial charge in [-0.15, -0.1) is 0 Å². The molecule has 0 saturated carbocycles. The van der Waals surface area contributed by atoms with Gasteiger partial charge in [0.25, 0.3) is 0 Å². The lowest BCUT2D eigenvalue weighted by molar-refractivity contribution is 0.0630. The number of phenolic OH excluding ortho intramolecular Hbond substituents is 2. The molecule has 4 rings (SSSR count). The molecule has 2 heterocycles. The highest BCUT2D eigenvalue weighted by Crippen LogP contribution is 2.42. The fraction of sp³-hybridized carbons (Fsp3) is 0.318. The number of hydrogen-bond donors (Lipinski definition) is 3. The molecule has 2 unspecified atom stereocenters. The fourth-order valence-corrected chi connectivity index (χ4v) is 4.09. The maximum Gasteiger partial charge on any atom is 0.197 e. The van der Waals surface area contributed by atoms with E-state index in [0.717, 1.165) is 23.7 Å². The molecular weight excluding hydrogens is 358 g/mol. The number of aliphatic hydroxyl groups is 1. The fourth-order valence-electron chi connectivity index (χ4n) is 4.09. The Kier molecular flexibility index (Phi) is 4.61. The summed E-state index contributed by atoms with van der Waals surface area (Å²) in [4.78, 5) is 14.8. The molecule has 0 aliphatic carbocycles. The molecule has 6 nitrogen and oxygen atoms in total. The van der Waals surface area contributed by atoms with Crippen LogP contribution in [0.25, 0.3) is 22.3 Å². The summed E-state index contributed by atoms with van der Waals surface area (Å²) in [5.74, 6) is -0.536. The number of piperidine rings is 1. The number of rotatable bonds is 2. The molecule has 2 atom stereocenters. The highest BCUT2D eigenvalue weighted by atomic mass is 16.3. The van der Waals surface area contributed by atoms with Crippen LogP contribution in [0, 0.1) is 6.92 Å². The third-order valence-corrected chi connectivity index (χ3v) is 5.56. The lowest BCUT2D eigenvalue weighted by Crippen LogP contribution is -2.40. The van der Waals surface area contributed by atoms with Crippen molar-refractivity contribution in [2.24, 2.45) is 0 Å². The van der Waals surface area contributed by atoms with E-state index in [1.807, 2.05) is 43.1 Å². The van der Waals surface area contributed by atoms with Crippen molar-refractivity contribution in [2.75, 3.05) is 20.1 Å².